The van der Waals surface area contributed by atoms with E-state index in [0.717, 1.165) is 11.1 Å². The summed E-state index contributed by atoms with van der Waals surface area (Å²) in [6.45, 7) is 2.54. The van der Waals surface area contributed by atoms with Crippen LogP contribution in [0.3, 0.4) is 0 Å². The number of benzene rings is 2. The summed E-state index contributed by atoms with van der Waals surface area (Å²) in [5.74, 6) is 0. The largest absolute Gasteiger partial charge is 0.306 e. The molecule has 6 heteroatoms. The highest BCUT2D eigenvalue weighted by atomic mass is 35.5. The van der Waals surface area contributed by atoms with Crippen molar-refractivity contribution in [2.24, 2.45) is 0 Å². The second-order valence-electron chi connectivity index (χ2n) is 4.70. The first-order chi connectivity index (χ1) is 9.97. The van der Waals surface area contributed by atoms with E-state index in [2.05, 4.69) is 5.32 Å². The number of hydrogen-bond donors (Lipinski definition) is 1. The molecule has 21 heavy (non-hydrogen) atoms. The molecule has 2 aromatic carbocycles. The third-order valence-corrected chi connectivity index (χ3v) is 3.76. The third-order valence-electron chi connectivity index (χ3n) is 3.19. The summed E-state index contributed by atoms with van der Waals surface area (Å²) in [5.41, 5.74) is 1.84. The molecule has 0 saturated carbocycles. The van der Waals surface area contributed by atoms with Crippen molar-refractivity contribution in [3.63, 3.8) is 0 Å². The lowest BCUT2D eigenvalue weighted by Gasteiger charge is -2.14. The number of nitrogens with one attached hydrogen (secondary N) is 1. The standard InChI is InChI=1S/C15H14Cl2N2O2/c1-10(12-3-5-13(16)6-4-12)18-9-11-2-7-14(17)15(8-11)19(20)21/h2-8,10,18H,9H2,1H3/t10-/m0/s1. The van der Waals surface area contributed by atoms with E-state index in [1.54, 1.807) is 12.1 Å². The first-order valence-corrected chi connectivity index (χ1v) is 7.14. The number of nitrogens with zero attached hydrogens (tertiary/aromatic N) is 1. The number of nitro benzene ring substituents is 1. The van der Waals surface area contributed by atoms with Gasteiger partial charge < -0.3 is 5.32 Å². The van der Waals surface area contributed by atoms with Crippen LogP contribution in [0.25, 0.3) is 0 Å². The van der Waals surface area contributed by atoms with Gasteiger partial charge in [0.25, 0.3) is 5.69 Å². The fourth-order valence-electron chi connectivity index (χ4n) is 1.95. The Morgan fingerprint density at radius 3 is 2.48 bits per heavy atom. The molecule has 0 aliphatic heterocycles. The van der Waals surface area contributed by atoms with E-state index < -0.39 is 4.92 Å². The van der Waals surface area contributed by atoms with Gasteiger partial charge in [-0.1, -0.05) is 41.4 Å². The lowest BCUT2D eigenvalue weighted by atomic mass is 10.1. The fourth-order valence-corrected chi connectivity index (χ4v) is 2.26. The topological polar surface area (TPSA) is 55.2 Å². The maximum atomic E-state index is 10.9. The Balaban J connectivity index is 2.04. The summed E-state index contributed by atoms with van der Waals surface area (Å²) in [6.07, 6.45) is 0. The molecule has 4 nitrogen and oxygen atoms in total. The zero-order valence-corrected chi connectivity index (χ0v) is 12.9. The lowest BCUT2D eigenvalue weighted by molar-refractivity contribution is -0.384. The van der Waals surface area contributed by atoms with Crippen molar-refractivity contribution in [1.82, 2.24) is 5.32 Å². The van der Waals surface area contributed by atoms with Crippen LogP contribution in [0.5, 0.6) is 0 Å². The Morgan fingerprint density at radius 1 is 1.19 bits per heavy atom. The van der Waals surface area contributed by atoms with Gasteiger partial charge in [0, 0.05) is 23.7 Å². The second-order valence-corrected chi connectivity index (χ2v) is 5.54. The van der Waals surface area contributed by atoms with Crippen LogP contribution in [-0.4, -0.2) is 4.92 Å². The van der Waals surface area contributed by atoms with Gasteiger partial charge in [-0.25, -0.2) is 0 Å². The molecular weight excluding hydrogens is 311 g/mol. The average Bonchev–Trinajstić information content (AvgIpc) is 2.46. The highest BCUT2D eigenvalue weighted by Gasteiger charge is 2.13. The number of nitro groups is 1. The Bertz CT molecular complexity index is 645. The van der Waals surface area contributed by atoms with Crippen LogP contribution in [0.1, 0.15) is 24.1 Å². The smallest absolute Gasteiger partial charge is 0.288 e. The minimum Gasteiger partial charge on any atom is -0.306 e. The molecule has 1 N–H and O–H groups in total. The molecule has 0 fully saturated rings. The van der Waals surface area contributed by atoms with Crippen LogP contribution in [-0.2, 0) is 6.54 Å². The first-order valence-electron chi connectivity index (χ1n) is 6.39. The minimum atomic E-state index is -0.478. The highest BCUT2D eigenvalue weighted by Crippen LogP contribution is 2.25. The molecule has 0 aliphatic rings. The zero-order chi connectivity index (χ0) is 15.4. The summed E-state index contributed by atoms with van der Waals surface area (Å²) < 4.78 is 0. The monoisotopic (exact) mass is 324 g/mol. The molecule has 0 aliphatic carbocycles. The summed E-state index contributed by atoms with van der Waals surface area (Å²) in [4.78, 5) is 10.4. The van der Waals surface area contributed by atoms with Crippen molar-refractivity contribution in [2.45, 2.75) is 19.5 Å². The predicted octanol–water partition coefficient (Wildman–Crippen LogP) is 4.75. The van der Waals surface area contributed by atoms with Gasteiger partial charge in [0.15, 0.2) is 0 Å². The van der Waals surface area contributed by atoms with Gasteiger partial charge in [0.05, 0.1) is 4.92 Å². The maximum absolute atomic E-state index is 10.9. The van der Waals surface area contributed by atoms with E-state index in [1.165, 1.54) is 6.07 Å². The van der Waals surface area contributed by atoms with Crippen LogP contribution >= 0.6 is 23.2 Å². The van der Waals surface area contributed by atoms with Crippen LogP contribution in [0.4, 0.5) is 5.69 Å². The zero-order valence-electron chi connectivity index (χ0n) is 11.3. The molecule has 2 rings (SSSR count). The molecule has 0 aromatic heterocycles. The molecule has 0 radical (unpaired) electrons. The quantitative estimate of drug-likeness (QED) is 0.637. The van der Waals surface area contributed by atoms with Gasteiger partial charge in [-0.15, -0.1) is 0 Å². The molecule has 0 unspecified atom stereocenters. The van der Waals surface area contributed by atoms with Gasteiger partial charge >= 0.3 is 0 Å². The third kappa shape index (κ3) is 4.17. The predicted molar refractivity (Wildman–Crippen MR) is 84.8 cm³/mol. The van der Waals surface area contributed by atoms with E-state index in [9.17, 15) is 10.1 Å². The SMILES string of the molecule is C[C@H](NCc1ccc(Cl)c([N+](=O)[O-])c1)c1ccc(Cl)cc1. The van der Waals surface area contributed by atoms with E-state index in [-0.39, 0.29) is 16.8 Å². The molecule has 0 bridgehead atoms. The second kappa shape index (κ2) is 6.89. The molecule has 1 atom stereocenters. The molecule has 0 saturated heterocycles. The number of rotatable bonds is 5. The van der Waals surface area contributed by atoms with Gasteiger partial charge in [0.2, 0.25) is 0 Å². The molecule has 0 heterocycles. The molecule has 110 valence electrons. The van der Waals surface area contributed by atoms with E-state index in [4.69, 9.17) is 23.2 Å². The van der Waals surface area contributed by atoms with Crippen molar-refractivity contribution in [3.05, 3.63) is 73.8 Å². The Kier molecular flexibility index (Phi) is 5.17. The van der Waals surface area contributed by atoms with E-state index in [1.807, 2.05) is 31.2 Å². The molecule has 2 aromatic rings. The Labute approximate surface area is 132 Å². The van der Waals surface area contributed by atoms with Gasteiger partial charge in [0.1, 0.15) is 5.02 Å². The number of hydrogen-bond acceptors (Lipinski definition) is 3. The van der Waals surface area contributed by atoms with Crippen LogP contribution in [0.2, 0.25) is 10.0 Å². The maximum Gasteiger partial charge on any atom is 0.288 e. The fraction of sp³-hybridized carbons (Fsp3) is 0.200. The molecule has 0 spiro atoms. The summed E-state index contributed by atoms with van der Waals surface area (Å²) in [5, 5.41) is 15.0. The van der Waals surface area contributed by atoms with Gasteiger partial charge in [-0.05, 0) is 36.2 Å². The normalized spacial score (nSPS) is 12.1. The van der Waals surface area contributed by atoms with Gasteiger partial charge in [-0.2, -0.15) is 0 Å². The van der Waals surface area contributed by atoms with Crippen LogP contribution < -0.4 is 5.32 Å². The van der Waals surface area contributed by atoms with Crippen LogP contribution in [0, 0.1) is 10.1 Å². The van der Waals surface area contributed by atoms with E-state index >= 15 is 0 Å². The Morgan fingerprint density at radius 2 is 1.86 bits per heavy atom. The minimum absolute atomic E-state index is 0.0740. The van der Waals surface area contributed by atoms with Gasteiger partial charge in [-0.3, -0.25) is 10.1 Å². The van der Waals surface area contributed by atoms with Crippen LogP contribution in [0.15, 0.2) is 42.5 Å². The van der Waals surface area contributed by atoms with Crippen molar-refractivity contribution in [1.29, 1.82) is 0 Å². The Hall–Kier alpha value is -1.62. The number of halogens is 2. The molecular formula is C15H14Cl2N2O2. The lowest BCUT2D eigenvalue weighted by Crippen LogP contribution is -2.18. The van der Waals surface area contributed by atoms with Crippen molar-refractivity contribution < 1.29 is 4.92 Å². The van der Waals surface area contributed by atoms with Crippen molar-refractivity contribution in [2.75, 3.05) is 0 Å². The first kappa shape index (κ1) is 15.8. The highest BCUT2D eigenvalue weighted by molar-refractivity contribution is 6.32. The summed E-state index contributed by atoms with van der Waals surface area (Å²) >= 11 is 11.6. The van der Waals surface area contributed by atoms with Crippen molar-refractivity contribution in [3.8, 4) is 0 Å². The average molecular weight is 325 g/mol. The van der Waals surface area contributed by atoms with E-state index in [0.29, 0.717) is 11.6 Å². The van der Waals surface area contributed by atoms with Crippen molar-refractivity contribution >= 4 is 28.9 Å². The summed E-state index contributed by atoms with van der Waals surface area (Å²) in [7, 11) is 0. The molecule has 0 amide bonds. The summed E-state index contributed by atoms with van der Waals surface area (Å²) in [6, 6.07) is 12.5.